The Labute approximate surface area is 64.3 Å². The fourth-order valence-corrected chi connectivity index (χ4v) is 0.440. The molecule has 11 heavy (non-hydrogen) atoms. The van der Waals surface area contributed by atoms with E-state index in [0.29, 0.717) is 0 Å². The fraction of sp³-hybridized carbons (Fsp3) is 0.600. The SMILES string of the molecule is COC(=O)CN(C)C(=O)NN. The van der Waals surface area contributed by atoms with E-state index in [1.807, 2.05) is 5.43 Å². The van der Waals surface area contributed by atoms with Crippen LogP contribution in [0, 0.1) is 0 Å². The van der Waals surface area contributed by atoms with Crippen molar-refractivity contribution in [2.24, 2.45) is 5.84 Å². The number of nitrogens with one attached hydrogen (secondary N) is 1. The molecule has 0 radical (unpaired) electrons. The molecule has 0 aromatic rings. The summed E-state index contributed by atoms with van der Waals surface area (Å²) in [6.07, 6.45) is 0. The van der Waals surface area contributed by atoms with Crippen molar-refractivity contribution in [2.45, 2.75) is 0 Å². The fourth-order valence-electron chi connectivity index (χ4n) is 0.440. The first kappa shape index (κ1) is 9.70. The lowest BCUT2D eigenvalue weighted by molar-refractivity contribution is -0.140. The number of rotatable bonds is 2. The number of hydrogen-bond donors (Lipinski definition) is 2. The highest BCUT2D eigenvalue weighted by molar-refractivity contribution is 5.80. The quantitative estimate of drug-likeness (QED) is 0.227. The van der Waals surface area contributed by atoms with Crippen molar-refractivity contribution >= 4 is 12.0 Å². The lowest BCUT2D eigenvalue weighted by Crippen LogP contribution is -2.43. The second-order valence-electron chi connectivity index (χ2n) is 1.88. The average Bonchev–Trinajstić information content (AvgIpc) is 2.02. The highest BCUT2D eigenvalue weighted by Crippen LogP contribution is 1.83. The number of hydrogen-bond acceptors (Lipinski definition) is 4. The third kappa shape index (κ3) is 3.41. The van der Waals surface area contributed by atoms with Gasteiger partial charge in [-0.2, -0.15) is 0 Å². The molecular weight excluding hydrogens is 150 g/mol. The minimum absolute atomic E-state index is 0.112. The summed E-state index contributed by atoms with van der Waals surface area (Å²) in [5.41, 5.74) is 1.87. The van der Waals surface area contributed by atoms with Crippen LogP contribution in [0.2, 0.25) is 0 Å². The minimum atomic E-state index is -0.532. The largest absolute Gasteiger partial charge is 0.468 e. The highest BCUT2D eigenvalue weighted by Gasteiger charge is 2.10. The summed E-state index contributed by atoms with van der Waals surface area (Å²) in [5, 5.41) is 0. The van der Waals surface area contributed by atoms with Gasteiger partial charge in [-0.05, 0) is 0 Å². The van der Waals surface area contributed by atoms with Crippen LogP contribution in [-0.4, -0.2) is 37.6 Å². The van der Waals surface area contributed by atoms with Crippen LogP contribution in [0.1, 0.15) is 0 Å². The lowest BCUT2D eigenvalue weighted by Gasteiger charge is -2.13. The Balaban J connectivity index is 3.77. The second kappa shape index (κ2) is 4.51. The Morgan fingerprint density at radius 2 is 2.18 bits per heavy atom. The van der Waals surface area contributed by atoms with Crippen molar-refractivity contribution in [2.75, 3.05) is 20.7 Å². The Morgan fingerprint density at radius 3 is 2.55 bits per heavy atom. The van der Waals surface area contributed by atoms with Crippen molar-refractivity contribution in [3.63, 3.8) is 0 Å². The van der Waals surface area contributed by atoms with Gasteiger partial charge in [0.05, 0.1) is 7.11 Å². The molecule has 0 saturated carbocycles. The predicted molar refractivity (Wildman–Crippen MR) is 37.4 cm³/mol. The van der Waals surface area contributed by atoms with Crippen molar-refractivity contribution in [1.29, 1.82) is 0 Å². The zero-order valence-corrected chi connectivity index (χ0v) is 6.46. The number of likely N-dealkylation sites (N-methyl/N-ethyl adjacent to an activating group) is 1. The minimum Gasteiger partial charge on any atom is -0.468 e. The molecule has 6 heteroatoms. The molecule has 0 heterocycles. The Bertz CT molecular complexity index is 159. The maximum atomic E-state index is 10.6. The summed E-state index contributed by atoms with van der Waals surface area (Å²) >= 11 is 0. The highest BCUT2D eigenvalue weighted by atomic mass is 16.5. The Hall–Kier alpha value is -1.30. The third-order valence-corrected chi connectivity index (χ3v) is 1.06. The molecule has 6 nitrogen and oxygen atoms in total. The molecule has 0 aromatic heterocycles. The number of esters is 1. The number of urea groups is 1. The Kier molecular flexibility index (Phi) is 3.97. The van der Waals surface area contributed by atoms with E-state index in [1.54, 1.807) is 0 Å². The van der Waals surface area contributed by atoms with E-state index in [1.165, 1.54) is 14.2 Å². The van der Waals surface area contributed by atoms with Gasteiger partial charge in [0.15, 0.2) is 0 Å². The van der Waals surface area contributed by atoms with Crippen LogP contribution in [0.5, 0.6) is 0 Å². The van der Waals surface area contributed by atoms with Crippen LogP contribution in [0.4, 0.5) is 4.79 Å². The Morgan fingerprint density at radius 1 is 1.64 bits per heavy atom. The zero-order valence-electron chi connectivity index (χ0n) is 6.46. The molecule has 64 valence electrons. The van der Waals surface area contributed by atoms with Crippen LogP contribution in [0.3, 0.4) is 0 Å². The first-order chi connectivity index (χ1) is 5.11. The topological polar surface area (TPSA) is 84.7 Å². The molecule has 0 bridgehead atoms. The molecule has 0 saturated heterocycles. The van der Waals surface area contributed by atoms with Crippen molar-refractivity contribution in [3.05, 3.63) is 0 Å². The summed E-state index contributed by atoms with van der Waals surface area (Å²) in [6, 6.07) is -0.532. The van der Waals surface area contributed by atoms with Gasteiger partial charge in [0.25, 0.3) is 0 Å². The van der Waals surface area contributed by atoms with E-state index < -0.39 is 12.0 Å². The molecule has 3 N–H and O–H groups in total. The summed E-state index contributed by atoms with van der Waals surface area (Å²) in [7, 11) is 2.68. The molecule has 0 fully saturated rings. The number of ether oxygens (including phenoxy) is 1. The van der Waals surface area contributed by atoms with E-state index >= 15 is 0 Å². The van der Waals surface area contributed by atoms with Crippen LogP contribution >= 0.6 is 0 Å². The van der Waals surface area contributed by atoms with Crippen molar-refractivity contribution in [3.8, 4) is 0 Å². The van der Waals surface area contributed by atoms with Crippen LogP contribution in [-0.2, 0) is 9.53 Å². The molecule has 0 aliphatic heterocycles. The summed E-state index contributed by atoms with van der Waals surface area (Å²) < 4.78 is 4.31. The van der Waals surface area contributed by atoms with Gasteiger partial charge in [-0.1, -0.05) is 0 Å². The number of nitrogens with zero attached hydrogens (tertiary/aromatic N) is 1. The molecule has 0 aromatic carbocycles. The smallest absolute Gasteiger partial charge is 0.331 e. The lowest BCUT2D eigenvalue weighted by atomic mass is 10.6. The van der Waals surface area contributed by atoms with Crippen molar-refractivity contribution in [1.82, 2.24) is 10.3 Å². The third-order valence-electron chi connectivity index (χ3n) is 1.06. The first-order valence-corrected chi connectivity index (χ1v) is 2.90. The number of carbonyl (C=O) groups excluding carboxylic acids is 2. The summed E-state index contributed by atoms with van der Waals surface area (Å²) in [4.78, 5) is 22.3. The molecule has 0 spiro atoms. The molecule has 0 aliphatic rings. The molecule has 0 rings (SSSR count). The van der Waals surface area contributed by atoms with E-state index in [4.69, 9.17) is 5.84 Å². The standard InChI is InChI=1S/C5H11N3O3/c1-8(5(10)7-6)3-4(9)11-2/h3,6H2,1-2H3,(H,7,10). The van der Waals surface area contributed by atoms with Gasteiger partial charge >= 0.3 is 12.0 Å². The number of hydrazine groups is 1. The predicted octanol–water partition coefficient (Wildman–Crippen LogP) is -1.33. The average molecular weight is 161 g/mol. The second-order valence-corrected chi connectivity index (χ2v) is 1.88. The van der Waals surface area contributed by atoms with E-state index in [9.17, 15) is 9.59 Å². The monoisotopic (exact) mass is 161 g/mol. The molecule has 0 aliphatic carbocycles. The molecule has 0 unspecified atom stereocenters. The van der Waals surface area contributed by atoms with Gasteiger partial charge in [-0.25, -0.2) is 10.6 Å². The van der Waals surface area contributed by atoms with Gasteiger partial charge in [-0.3, -0.25) is 10.2 Å². The van der Waals surface area contributed by atoms with Crippen molar-refractivity contribution < 1.29 is 14.3 Å². The molecule has 2 amide bonds. The van der Waals surface area contributed by atoms with Gasteiger partial charge in [0.2, 0.25) is 0 Å². The van der Waals surface area contributed by atoms with Gasteiger partial charge in [-0.15, -0.1) is 0 Å². The normalized spacial score (nSPS) is 8.64. The molecule has 0 atom stereocenters. The van der Waals surface area contributed by atoms with Gasteiger partial charge in [0, 0.05) is 7.05 Å². The first-order valence-electron chi connectivity index (χ1n) is 2.90. The van der Waals surface area contributed by atoms with E-state index in [2.05, 4.69) is 4.74 Å². The number of methoxy groups -OCH3 is 1. The van der Waals surface area contributed by atoms with E-state index in [-0.39, 0.29) is 6.54 Å². The van der Waals surface area contributed by atoms with Gasteiger partial charge in [0.1, 0.15) is 6.54 Å². The maximum absolute atomic E-state index is 10.6. The van der Waals surface area contributed by atoms with Crippen LogP contribution < -0.4 is 11.3 Å². The van der Waals surface area contributed by atoms with Crippen LogP contribution in [0.25, 0.3) is 0 Å². The molecular formula is C5H11N3O3. The van der Waals surface area contributed by atoms with Gasteiger partial charge < -0.3 is 9.64 Å². The number of carbonyl (C=O) groups is 2. The number of amides is 2. The van der Waals surface area contributed by atoms with Crippen LogP contribution in [0.15, 0.2) is 0 Å². The summed E-state index contributed by atoms with van der Waals surface area (Å²) in [6.45, 7) is -0.112. The van der Waals surface area contributed by atoms with E-state index in [0.717, 1.165) is 4.90 Å². The summed E-state index contributed by atoms with van der Waals surface area (Å²) in [5.74, 6) is 4.31. The zero-order chi connectivity index (χ0) is 8.85. The number of nitrogens with two attached hydrogens (primary N) is 1. The maximum Gasteiger partial charge on any atom is 0.331 e.